The van der Waals surface area contributed by atoms with Gasteiger partial charge in [-0.15, -0.1) is 0 Å². The molecule has 2 aliphatic rings. The van der Waals surface area contributed by atoms with Crippen LogP contribution in [0.4, 0.5) is 8.78 Å². The summed E-state index contributed by atoms with van der Waals surface area (Å²) in [5.74, 6) is -0.865. The van der Waals surface area contributed by atoms with Gasteiger partial charge in [-0.2, -0.15) is 0 Å². The summed E-state index contributed by atoms with van der Waals surface area (Å²) >= 11 is 0. The molecule has 3 heterocycles. The van der Waals surface area contributed by atoms with Crippen LogP contribution in [0.25, 0.3) is 0 Å². The van der Waals surface area contributed by atoms with E-state index in [2.05, 4.69) is 4.98 Å². The molecule has 0 radical (unpaired) electrons. The normalized spacial score (nSPS) is 21.0. The van der Waals surface area contributed by atoms with E-state index in [0.717, 1.165) is 18.5 Å². The van der Waals surface area contributed by atoms with Crippen molar-refractivity contribution in [1.82, 2.24) is 14.8 Å². The molecule has 8 heteroatoms. The quantitative estimate of drug-likeness (QED) is 0.656. The van der Waals surface area contributed by atoms with Crippen molar-refractivity contribution in [2.75, 3.05) is 39.4 Å². The van der Waals surface area contributed by atoms with Crippen molar-refractivity contribution in [3.63, 3.8) is 0 Å². The molecule has 2 fully saturated rings. The fourth-order valence-corrected chi connectivity index (χ4v) is 4.29. The molecule has 0 saturated carbocycles. The first kappa shape index (κ1) is 22.8. The van der Waals surface area contributed by atoms with Gasteiger partial charge in [0.05, 0.1) is 24.9 Å². The van der Waals surface area contributed by atoms with Gasteiger partial charge in [0.15, 0.2) is 0 Å². The zero-order valence-corrected chi connectivity index (χ0v) is 18.1. The fraction of sp³-hybridized carbons (Fsp3) is 0.500. The van der Waals surface area contributed by atoms with Crippen LogP contribution in [0.1, 0.15) is 24.1 Å². The Bertz CT molecular complexity index is 873. The number of rotatable bonds is 7. The Hall–Kier alpha value is -2.42. The summed E-state index contributed by atoms with van der Waals surface area (Å²) in [7, 11) is 0. The van der Waals surface area contributed by atoms with Gasteiger partial charge in [0.25, 0.3) is 0 Å². The summed E-state index contributed by atoms with van der Waals surface area (Å²) < 4.78 is 40.1. The van der Waals surface area contributed by atoms with Gasteiger partial charge in [-0.05, 0) is 43.0 Å². The molecule has 172 valence electrons. The van der Waals surface area contributed by atoms with Gasteiger partial charge in [0.2, 0.25) is 5.91 Å². The number of amides is 1. The van der Waals surface area contributed by atoms with E-state index in [4.69, 9.17) is 9.47 Å². The molecule has 0 N–H and O–H groups in total. The molecular formula is C24H29F2N3O3. The Morgan fingerprint density at radius 1 is 1.06 bits per heavy atom. The van der Waals surface area contributed by atoms with Crippen LogP contribution >= 0.6 is 0 Å². The minimum Gasteiger partial charge on any atom is -0.381 e. The topological polar surface area (TPSA) is 54.9 Å². The maximum Gasteiger partial charge on any atom is 0.236 e. The van der Waals surface area contributed by atoms with E-state index in [1.807, 2.05) is 23.1 Å². The molecule has 1 unspecified atom stereocenters. The monoisotopic (exact) mass is 445 g/mol. The highest BCUT2D eigenvalue weighted by atomic mass is 19.1. The van der Waals surface area contributed by atoms with E-state index in [-0.39, 0.29) is 30.7 Å². The first-order chi connectivity index (χ1) is 15.6. The number of aromatic nitrogens is 1. The summed E-state index contributed by atoms with van der Waals surface area (Å²) in [6, 6.07) is 9.44. The number of pyridine rings is 1. The smallest absolute Gasteiger partial charge is 0.236 e. The van der Waals surface area contributed by atoms with Gasteiger partial charge in [-0.25, -0.2) is 8.78 Å². The zero-order chi connectivity index (χ0) is 22.3. The average molecular weight is 446 g/mol. The lowest BCUT2D eigenvalue weighted by Gasteiger charge is -2.30. The summed E-state index contributed by atoms with van der Waals surface area (Å²) in [4.78, 5) is 21.0. The van der Waals surface area contributed by atoms with E-state index in [9.17, 15) is 13.6 Å². The molecule has 2 aromatic rings. The number of hydrogen-bond acceptors (Lipinski definition) is 5. The molecule has 32 heavy (non-hydrogen) atoms. The van der Waals surface area contributed by atoms with Crippen LogP contribution in [-0.4, -0.2) is 66.2 Å². The van der Waals surface area contributed by atoms with Crippen molar-refractivity contribution < 1.29 is 23.0 Å². The minimum absolute atomic E-state index is 0.0127. The summed E-state index contributed by atoms with van der Waals surface area (Å²) in [5, 5.41) is 0. The first-order valence-corrected chi connectivity index (χ1v) is 11.1. The summed E-state index contributed by atoms with van der Waals surface area (Å²) in [5.41, 5.74) is 0.771. The molecule has 0 spiro atoms. The lowest BCUT2D eigenvalue weighted by Crippen LogP contribution is -2.42. The molecule has 1 aromatic heterocycles. The largest absolute Gasteiger partial charge is 0.381 e. The Kier molecular flexibility index (Phi) is 7.78. The van der Waals surface area contributed by atoms with Gasteiger partial charge < -0.3 is 14.4 Å². The molecular weight excluding hydrogens is 416 g/mol. The van der Waals surface area contributed by atoms with Gasteiger partial charge in [0, 0.05) is 51.2 Å². The van der Waals surface area contributed by atoms with Crippen LogP contribution < -0.4 is 0 Å². The van der Waals surface area contributed by atoms with Crippen molar-refractivity contribution in [2.24, 2.45) is 5.92 Å². The Balaban J connectivity index is 1.48. The number of nitrogens with zero attached hydrogens (tertiary/aromatic N) is 3. The van der Waals surface area contributed by atoms with Crippen molar-refractivity contribution >= 4 is 5.91 Å². The molecule has 1 atom stereocenters. The van der Waals surface area contributed by atoms with Crippen LogP contribution in [0.15, 0.2) is 42.6 Å². The van der Waals surface area contributed by atoms with Crippen molar-refractivity contribution in [3.8, 4) is 0 Å². The summed E-state index contributed by atoms with van der Waals surface area (Å²) in [6.45, 7) is 3.34. The number of carbonyl (C=O) groups excluding carboxylic acids is 1. The number of carbonyl (C=O) groups is 1. The number of ether oxygens (including phenoxy) is 2. The molecule has 2 aliphatic heterocycles. The molecule has 4 rings (SSSR count). The predicted molar refractivity (Wildman–Crippen MR) is 115 cm³/mol. The van der Waals surface area contributed by atoms with Gasteiger partial charge >= 0.3 is 0 Å². The Labute approximate surface area is 187 Å². The molecule has 2 saturated heterocycles. The van der Waals surface area contributed by atoms with Gasteiger partial charge in [-0.1, -0.05) is 12.1 Å². The Morgan fingerprint density at radius 2 is 1.84 bits per heavy atom. The molecule has 0 aliphatic carbocycles. The lowest BCUT2D eigenvalue weighted by atomic mass is 9.99. The van der Waals surface area contributed by atoms with Crippen LogP contribution in [0.5, 0.6) is 0 Å². The highest BCUT2D eigenvalue weighted by Gasteiger charge is 2.31. The highest BCUT2D eigenvalue weighted by Crippen LogP contribution is 2.21. The van der Waals surface area contributed by atoms with E-state index in [0.29, 0.717) is 45.4 Å². The van der Waals surface area contributed by atoms with Gasteiger partial charge in [-0.3, -0.25) is 14.7 Å². The van der Waals surface area contributed by atoms with Gasteiger partial charge in [0.1, 0.15) is 11.6 Å². The molecule has 0 bridgehead atoms. The Morgan fingerprint density at radius 3 is 2.56 bits per heavy atom. The minimum atomic E-state index is -0.605. The fourth-order valence-electron chi connectivity index (χ4n) is 4.29. The second-order valence-corrected chi connectivity index (χ2v) is 8.48. The highest BCUT2D eigenvalue weighted by molar-refractivity contribution is 5.78. The van der Waals surface area contributed by atoms with Crippen LogP contribution in [0.3, 0.4) is 0 Å². The average Bonchev–Trinajstić information content (AvgIpc) is 2.94. The maximum atomic E-state index is 14.2. The van der Waals surface area contributed by atoms with Crippen LogP contribution in [-0.2, 0) is 27.4 Å². The lowest BCUT2D eigenvalue weighted by molar-refractivity contribution is -0.133. The molecule has 6 nitrogen and oxygen atoms in total. The summed E-state index contributed by atoms with van der Waals surface area (Å²) in [6.07, 6.45) is 3.26. The molecule has 1 aromatic carbocycles. The second kappa shape index (κ2) is 10.9. The van der Waals surface area contributed by atoms with E-state index in [1.165, 1.54) is 18.2 Å². The van der Waals surface area contributed by atoms with Crippen LogP contribution in [0.2, 0.25) is 0 Å². The van der Waals surface area contributed by atoms with E-state index in [1.54, 1.807) is 11.1 Å². The first-order valence-electron chi connectivity index (χ1n) is 11.1. The van der Waals surface area contributed by atoms with E-state index >= 15 is 0 Å². The standard InChI is InChI=1S/C24H29F2N3O3/c25-22-5-3-6-23(26)21(22)15-28-13-20(32-17-19-4-1-2-9-27-19)14-29(24(30)16-28)12-18-7-10-31-11-8-18/h1-6,9,18,20H,7-8,10-17H2. The number of benzene rings is 1. The second-order valence-electron chi connectivity index (χ2n) is 8.48. The number of hydrogen-bond donors (Lipinski definition) is 0. The van der Waals surface area contributed by atoms with Crippen molar-refractivity contribution in [2.45, 2.75) is 32.1 Å². The van der Waals surface area contributed by atoms with E-state index < -0.39 is 11.6 Å². The maximum absolute atomic E-state index is 14.2. The van der Waals surface area contributed by atoms with Crippen molar-refractivity contribution in [1.29, 1.82) is 0 Å². The zero-order valence-electron chi connectivity index (χ0n) is 18.1. The SMILES string of the molecule is O=C1CN(Cc2c(F)cccc2F)CC(OCc2ccccn2)CN1CC1CCOCC1. The predicted octanol–water partition coefficient (Wildman–Crippen LogP) is 3.02. The third-order valence-corrected chi connectivity index (χ3v) is 6.05. The third-order valence-electron chi connectivity index (χ3n) is 6.05. The molecule has 1 amide bonds. The number of halogens is 2. The third kappa shape index (κ3) is 6.09. The van der Waals surface area contributed by atoms with Crippen molar-refractivity contribution in [3.05, 3.63) is 65.5 Å². The van der Waals surface area contributed by atoms with Crippen LogP contribution in [0, 0.1) is 17.6 Å².